The van der Waals surface area contributed by atoms with Crippen molar-refractivity contribution in [2.24, 2.45) is 0 Å². The van der Waals surface area contributed by atoms with E-state index in [0.717, 1.165) is 38.5 Å². The molecule has 0 heterocycles. The summed E-state index contributed by atoms with van der Waals surface area (Å²) in [6, 6.07) is -0.543. The lowest BCUT2D eigenvalue weighted by molar-refractivity contribution is -0.143. The average molecular weight is 1150 g/mol. The second-order valence-electron chi connectivity index (χ2n) is 26.4. The Morgan fingerprint density at radius 2 is 0.506 bits per heavy atom. The van der Waals surface area contributed by atoms with E-state index in [4.69, 9.17) is 4.74 Å². The number of hydrogen-bond donors (Lipinski definition) is 3. The molecule has 2 unspecified atom stereocenters. The van der Waals surface area contributed by atoms with Crippen LogP contribution in [0.25, 0.3) is 0 Å². The Bertz CT molecular complexity index is 1180. The molecule has 0 aliphatic rings. The number of ether oxygens (including phenoxy) is 1. The van der Waals surface area contributed by atoms with Gasteiger partial charge in [-0.05, 0) is 25.7 Å². The Labute approximate surface area is 508 Å². The van der Waals surface area contributed by atoms with Gasteiger partial charge in [-0.1, -0.05) is 406 Å². The highest BCUT2D eigenvalue weighted by Crippen LogP contribution is 2.20. The number of carbonyl (C=O) groups excluding carboxylic acids is 2. The first-order valence-corrected chi connectivity index (χ1v) is 37.8. The van der Waals surface area contributed by atoms with Crippen LogP contribution in [-0.4, -0.2) is 47.4 Å². The molecule has 0 fully saturated rings. The topological polar surface area (TPSA) is 95.9 Å². The molecule has 2 atom stereocenters. The van der Waals surface area contributed by atoms with Gasteiger partial charge in [0.1, 0.15) is 0 Å². The minimum Gasteiger partial charge on any atom is -0.466 e. The molecule has 0 aromatic heterocycles. The van der Waals surface area contributed by atoms with Crippen LogP contribution in [0.15, 0.2) is 0 Å². The number of esters is 1. The van der Waals surface area contributed by atoms with Gasteiger partial charge >= 0.3 is 5.97 Å². The van der Waals surface area contributed by atoms with Crippen molar-refractivity contribution in [3.05, 3.63) is 0 Å². The Balaban J connectivity index is 3.36. The van der Waals surface area contributed by atoms with Crippen molar-refractivity contribution in [3.63, 3.8) is 0 Å². The lowest BCUT2D eigenvalue weighted by atomic mass is 10.0. The van der Waals surface area contributed by atoms with Crippen LogP contribution in [0, 0.1) is 0 Å². The van der Waals surface area contributed by atoms with E-state index in [1.54, 1.807) is 0 Å². The maximum atomic E-state index is 12.6. The van der Waals surface area contributed by atoms with Gasteiger partial charge in [-0.15, -0.1) is 0 Å². The van der Waals surface area contributed by atoms with Crippen LogP contribution in [0.2, 0.25) is 0 Å². The molecule has 0 rings (SSSR count). The summed E-state index contributed by atoms with van der Waals surface area (Å²) < 4.78 is 5.51. The standard InChI is InChI=1S/C75H149NO5/c1-3-5-7-9-11-13-15-17-19-21-23-24-25-26-27-29-32-35-39-43-47-51-55-59-63-67-73(78)72(71-77)76-74(79)68-64-60-56-52-48-44-40-36-33-30-28-31-34-38-42-46-50-54-58-62-66-70-81-75(80)69-65-61-57-53-49-45-41-37-22-20-18-16-14-12-10-8-6-4-2/h72-73,77-78H,3-71H2,1-2H3,(H,76,79). The lowest BCUT2D eigenvalue weighted by Crippen LogP contribution is -2.45. The van der Waals surface area contributed by atoms with E-state index in [9.17, 15) is 19.8 Å². The number of aliphatic hydroxyl groups is 2. The molecule has 6 heteroatoms. The Morgan fingerprint density at radius 1 is 0.296 bits per heavy atom. The highest BCUT2D eigenvalue weighted by Gasteiger charge is 2.20. The predicted octanol–water partition coefficient (Wildman–Crippen LogP) is 24.5. The number of rotatable bonds is 72. The highest BCUT2D eigenvalue weighted by molar-refractivity contribution is 5.76. The summed E-state index contributed by atoms with van der Waals surface area (Å²) in [7, 11) is 0. The van der Waals surface area contributed by atoms with Crippen molar-refractivity contribution in [2.45, 2.75) is 456 Å². The summed E-state index contributed by atoms with van der Waals surface area (Å²) in [6.45, 7) is 5.01. The zero-order valence-corrected chi connectivity index (χ0v) is 55.6. The Morgan fingerprint density at radius 3 is 0.753 bits per heavy atom. The fourth-order valence-electron chi connectivity index (χ4n) is 12.4. The molecule has 3 N–H and O–H groups in total. The van der Waals surface area contributed by atoms with E-state index in [1.165, 1.54) is 372 Å². The third kappa shape index (κ3) is 67.9. The summed E-state index contributed by atoms with van der Waals surface area (Å²) in [5.41, 5.74) is 0. The number of unbranched alkanes of at least 4 members (excludes halogenated alkanes) is 61. The predicted molar refractivity (Wildman–Crippen MR) is 357 cm³/mol. The molecule has 81 heavy (non-hydrogen) atoms. The van der Waals surface area contributed by atoms with Crippen LogP contribution in [0.1, 0.15) is 444 Å². The first-order valence-electron chi connectivity index (χ1n) is 37.8. The Kier molecular flexibility index (Phi) is 70.3. The van der Waals surface area contributed by atoms with Gasteiger partial charge < -0.3 is 20.3 Å². The first kappa shape index (κ1) is 79.9. The van der Waals surface area contributed by atoms with Gasteiger partial charge in [0.05, 0.1) is 25.4 Å². The van der Waals surface area contributed by atoms with Crippen LogP contribution in [0.5, 0.6) is 0 Å². The van der Waals surface area contributed by atoms with Crippen molar-refractivity contribution in [1.29, 1.82) is 0 Å². The van der Waals surface area contributed by atoms with Gasteiger partial charge in [-0.25, -0.2) is 0 Å². The molecule has 484 valence electrons. The van der Waals surface area contributed by atoms with E-state index in [0.29, 0.717) is 25.9 Å². The molecule has 0 saturated heterocycles. The van der Waals surface area contributed by atoms with E-state index in [2.05, 4.69) is 19.2 Å². The summed E-state index contributed by atoms with van der Waals surface area (Å²) in [4.78, 5) is 24.7. The minimum absolute atomic E-state index is 0.0184. The zero-order valence-electron chi connectivity index (χ0n) is 55.6. The second-order valence-corrected chi connectivity index (χ2v) is 26.4. The second kappa shape index (κ2) is 71.3. The number of carbonyl (C=O) groups is 2. The summed E-state index contributed by atoms with van der Waals surface area (Å²) in [5.74, 6) is -0.0110. The Hall–Kier alpha value is -1.14. The zero-order chi connectivity index (χ0) is 58.5. The molecular weight excluding hydrogens is 995 g/mol. The molecule has 0 aromatic carbocycles. The quantitative estimate of drug-likeness (QED) is 0.0417. The number of hydrogen-bond acceptors (Lipinski definition) is 5. The van der Waals surface area contributed by atoms with Crippen LogP contribution >= 0.6 is 0 Å². The van der Waals surface area contributed by atoms with E-state index in [-0.39, 0.29) is 18.5 Å². The smallest absolute Gasteiger partial charge is 0.305 e. The van der Waals surface area contributed by atoms with Crippen LogP contribution in [-0.2, 0) is 14.3 Å². The van der Waals surface area contributed by atoms with Crippen molar-refractivity contribution >= 4 is 11.9 Å². The fourth-order valence-corrected chi connectivity index (χ4v) is 12.4. The molecule has 0 aliphatic carbocycles. The maximum Gasteiger partial charge on any atom is 0.305 e. The number of nitrogens with one attached hydrogen (secondary N) is 1. The summed E-state index contributed by atoms with van der Waals surface area (Å²) >= 11 is 0. The highest BCUT2D eigenvalue weighted by atomic mass is 16.5. The monoisotopic (exact) mass is 1140 g/mol. The van der Waals surface area contributed by atoms with Gasteiger partial charge in [0.2, 0.25) is 5.91 Å². The largest absolute Gasteiger partial charge is 0.466 e. The molecule has 0 radical (unpaired) electrons. The van der Waals surface area contributed by atoms with Gasteiger partial charge in [-0.2, -0.15) is 0 Å². The first-order chi connectivity index (χ1) is 40.0. The normalized spacial score (nSPS) is 12.4. The van der Waals surface area contributed by atoms with Gasteiger partial charge in [-0.3, -0.25) is 9.59 Å². The third-order valence-corrected chi connectivity index (χ3v) is 18.2. The molecular formula is C75H149NO5. The van der Waals surface area contributed by atoms with Crippen LogP contribution in [0.4, 0.5) is 0 Å². The summed E-state index contributed by atoms with van der Waals surface area (Å²) in [6.07, 6.45) is 87.4. The number of amides is 1. The van der Waals surface area contributed by atoms with Crippen molar-refractivity contribution < 1.29 is 24.5 Å². The third-order valence-electron chi connectivity index (χ3n) is 18.2. The van der Waals surface area contributed by atoms with Crippen molar-refractivity contribution in [2.75, 3.05) is 13.2 Å². The molecule has 6 nitrogen and oxygen atoms in total. The molecule has 0 saturated carbocycles. The van der Waals surface area contributed by atoms with E-state index in [1.807, 2.05) is 0 Å². The number of aliphatic hydroxyl groups excluding tert-OH is 2. The van der Waals surface area contributed by atoms with Gasteiger partial charge in [0.25, 0.3) is 0 Å². The maximum absolute atomic E-state index is 12.6. The fraction of sp³-hybridized carbons (Fsp3) is 0.973. The van der Waals surface area contributed by atoms with Crippen molar-refractivity contribution in [3.8, 4) is 0 Å². The van der Waals surface area contributed by atoms with Gasteiger partial charge in [0, 0.05) is 12.8 Å². The van der Waals surface area contributed by atoms with Gasteiger partial charge in [0.15, 0.2) is 0 Å². The molecule has 0 aliphatic heterocycles. The molecule has 0 bridgehead atoms. The SMILES string of the molecule is CCCCCCCCCCCCCCCCCCCCCCCCCCCC(O)C(CO)NC(=O)CCCCCCCCCCCCCCCCCCCCCCCOC(=O)CCCCCCCCCCCCCCCCCCCC. The van der Waals surface area contributed by atoms with E-state index < -0.39 is 12.1 Å². The lowest BCUT2D eigenvalue weighted by Gasteiger charge is -2.22. The average Bonchev–Trinajstić information content (AvgIpc) is 3.47. The molecule has 1 amide bonds. The van der Waals surface area contributed by atoms with E-state index >= 15 is 0 Å². The summed E-state index contributed by atoms with van der Waals surface area (Å²) in [5, 5.41) is 23.5. The van der Waals surface area contributed by atoms with Crippen molar-refractivity contribution in [1.82, 2.24) is 5.32 Å². The van der Waals surface area contributed by atoms with Crippen LogP contribution < -0.4 is 5.32 Å². The minimum atomic E-state index is -0.666. The van der Waals surface area contributed by atoms with Crippen LogP contribution in [0.3, 0.4) is 0 Å². The molecule has 0 aromatic rings. The molecule has 0 spiro atoms.